The van der Waals surface area contributed by atoms with E-state index in [-0.39, 0.29) is 35.9 Å². The van der Waals surface area contributed by atoms with Gasteiger partial charge in [-0.15, -0.1) is 0 Å². The fraction of sp³-hybridized carbons (Fsp3) is 0.545. The number of hydrogen-bond acceptors (Lipinski definition) is 6. The van der Waals surface area contributed by atoms with Crippen LogP contribution in [0.3, 0.4) is 0 Å². The van der Waals surface area contributed by atoms with Crippen LogP contribution in [0.25, 0.3) is 22.3 Å². The van der Waals surface area contributed by atoms with Crippen molar-refractivity contribution in [3.63, 3.8) is 0 Å². The normalized spacial score (nSPS) is 15.5. The first-order valence-electron chi connectivity index (χ1n) is 13.9. The van der Waals surface area contributed by atoms with Crippen LogP contribution in [0.2, 0.25) is 0 Å². The monoisotopic (exact) mass is 538 g/mol. The fourth-order valence-electron chi connectivity index (χ4n) is 4.83. The first-order chi connectivity index (χ1) is 18.2. The van der Waals surface area contributed by atoms with Crippen LogP contribution in [0.4, 0.5) is 0 Å². The molecule has 0 fully saturated rings. The lowest BCUT2D eigenvalue weighted by Crippen LogP contribution is -2.45. The molecule has 3 rings (SSSR count). The van der Waals surface area contributed by atoms with Crippen LogP contribution in [0, 0.1) is 22.2 Å². The maximum Gasteiger partial charge on any atom is 0.312 e. The Kier molecular flexibility index (Phi) is 9.89. The highest BCUT2D eigenvalue weighted by Gasteiger charge is 2.47. The van der Waals surface area contributed by atoms with E-state index < -0.39 is 11.5 Å². The fourth-order valence-corrected chi connectivity index (χ4v) is 4.83. The van der Waals surface area contributed by atoms with E-state index in [4.69, 9.17) is 13.9 Å². The third-order valence-electron chi connectivity index (χ3n) is 7.60. The van der Waals surface area contributed by atoms with Gasteiger partial charge in [-0.05, 0) is 55.2 Å². The summed E-state index contributed by atoms with van der Waals surface area (Å²) in [5.74, 6) is 1.01. The third-order valence-corrected chi connectivity index (χ3v) is 7.60. The highest BCUT2D eigenvalue weighted by molar-refractivity contribution is 5.84. The Morgan fingerprint density at radius 1 is 0.923 bits per heavy atom. The van der Waals surface area contributed by atoms with E-state index in [0.29, 0.717) is 31.6 Å². The Hall–Kier alpha value is -2.83. The van der Waals surface area contributed by atoms with Crippen LogP contribution >= 0.6 is 0 Å². The van der Waals surface area contributed by atoms with E-state index in [0.717, 1.165) is 22.3 Å². The van der Waals surface area contributed by atoms with Crippen molar-refractivity contribution in [2.24, 2.45) is 22.2 Å². The van der Waals surface area contributed by atoms with Gasteiger partial charge in [0, 0.05) is 29.5 Å². The molecular formula is C33H46O6. The minimum atomic E-state index is -0.808. The number of rotatable bonds is 12. The Bertz CT molecular complexity index is 1200. The molecule has 2 N–H and O–H groups in total. The van der Waals surface area contributed by atoms with Gasteiger partial charge in [0.15, 0.2) is 0 Å². The van der Waals surface area contributed by atoms with Crippen LogP contribution in [-0.2, 0) is 9.53 Å². The molecule has 3 unspecified atom stereocenters. The Morgan fingerprint density at radius 3 is 2.23 bits per heavy atom. The average molecular weight is 539 g/mol. The zero-order chi connectivity index (χ0) is 28.8. The van der Waals surface area contributed by atoms with E-state index in [1.54, 1.807) is 0 Å². The molecule has 39 heavy (non-hydrogen) atoms. The summed E-state index contributed by atoms with van der Waals surface area (Å²) >= 11 is 0. The molecule has 0 amide bonds. The minimum absolute atomic E-state index is 0.0420. The first-order valence-corrected chi connectivity index (χ1v) is 13.9. The lowest BCUT2D eigenvalue weighted by Gasteiger charge is -2.43. The highest BCUT2D eigenvalue weighted by atomic mass is 16.5. The molecule has 1 heterocycles. The number of hydrogen-bond donors (Lipinski definition) is 2. The predicted molar refractivity (Wildman–Crippen MR) is 156 cm³/mol. The zero-order valence-electron chi connectivity index (χ0n) is 24.6. The lowest BCUT2D eigenvalue weighted by molar-refractivity contribution is -0.167. The second kappa shape index (κ2) is 12.6. The quantitative estimate of drug-likeness (QED) is 0.236. The highest BCUT2D eigenvalue weighted by Crippen LogP contribution is 2.47. The molecular weight excluding hydrogens is 492 g/mol. The van der Waals surface area contributed by atoms with E-state index >= 15 is 0 Å². The molecule has 0 aliphatic rings. The van der Waals surface area contributed by atoms with E-state index in [1.807, 2.05) is 82.3 Å². The van der Waals surface area contributed by atoms with Gasteiger partial charge in [0.2, 0.25) is 0 Å². The molecule has 0 saturated carbocycles. The van der Waals surface area contributed by atoms with Gasteiger partial charge >= 0.3 is 5.97 Å². The molecule has 0 saturated heterocycles. The van der Waals surface area contributed by atoms with Crippen LogP contribution in [0.15, 0.2) is 59.0 Å². The number of esters is 1. The van der Waals surface area contributed by atoms with Crippen molar-refractivity contribution in [2.75, 3.05) is 19.8 Å². The SMILES string of the molecule is CC(C)(C)CC(C)(C(=O)OCC(O)CCC(CO)COc1ccc2cc(-c3ccccc3)oc2c1)C(C)(C)C. The Morgan fingerprint density at radius 2 is 1.62 bits per heavy atom. The number of carbonyl (C=O) groups excluding carboxylic acids is 1. The summed E-state index contributed by atoms with van der Waals surface area (Å²) in [5.41, 5.74) is 0.739. The van der Waals surface area contributed by atoms with Gasteiger partial charge in [0.05, 0.1) is 18.1 Å². The standard InChI is InChI=1S/C33H46O6/c1-31(2,3)22-33(7,32(4,5)6)30(36)38-21-26(35)15-13-23(19-34)20-37-27-16-14-25-17-28(39-29(25)18-27)24-11-9-8-10-12-24/h8-12,14,16-18,23,26,34-35H,13,15,19-22H2,1-7H3. The minimum Gasteiger partial charge on any atom is -0.493 e. The molecule has 2 aromatic carbocycles. The van der Waals surface area contributed by atoms with Crippen molar-refractivity contribution in [1.82, 2.24) is 0 Å². The molecule has 0 bridgehead atoms. The topological polar surface area (TPSA) is 89.1 Å². The summed E-state index contributed by atoms with van der Waals surface area (Å²) in [7, 11) is 0. The molecule has 3 atom stereocenters. The number of aliphatic hydroxyl groups excluding tert-OH is 2. The smallest absolute Gasteiger partial charge is 0.312 e. The van der Waals surface area contributed by atoms with E-state index in [2.05, 4.69) is 20.8 Å². The number of aliphatic hydroxyl groups is 2. The summed E-state index contributed by atoms with van der Waals surface area (Å²) in [4.78, 5) is 13.1. The molecule has 0 spiro atoms. The Balaban J connectivity index is 1.50. The lowest BCUT2D eigenvalue weighted by atomic mass is 9.61. The average Bonchev–Trinajstić information content (AvgIpc) is 3.29. The summed E-state index contributed by atoms with van der Waals surface area (Å²) < 4.78 is 17.6. The number of ether oxygens (including phenoxy) is 2. The second-order valence-corrected chi connectivity index (χ2v) is 13.2. The van der Waals surface area contributed by atoms with Gasteiger partial charge in [-0.2, -0.15) is 0 Å². The van der Waals surface area contributed by atoms with Gasteiger partial charge in [0.1, 0.15) is 23.7 Å². The van der Waals surface area contributed by atoms with Crippen molar-refractivity contribution >= 4 is 16.9 Å². The zero-order valence-corrected chi connectivity index (χ0v) is 24.6. The number of fused-ring (bicyclic) bond motifs is 1. The number of carbonyl (C=O) groups is 1. The molecule has 214 valence electrons. The molecule has 0 aliphatic heterocycles. The molecule has 6 heteroatoms. The molecule has 3 aromatic rings. The van der Waals surface area contributed by atoms with Crippen LogP contribution in [0.1, 0.15) is 67.7 Å². The number of benzene rings is 2. The van der Waals surface area contributed by atoms with Crippen molar-refractivity contribution < 1.29 is 28.9 Å². The molecule has 0 aliphatic carbocycles. The van der Waals surface area contributed by atoms with Crippen molar-refractivity contribution in [2.45, 2.75) is 73.8 Å². The number of furan rings is 1. The van der Waals surface area contributed by atoms with Crippen LogP contribution < -0.4 is 4.74 Å². The van der Waals surface area contributed by atoms with Gasteiger partial charge in [-0.1, -0.05) is 71.9 Å². The summed E-state index contributed by atoms with van der Waals surface area (Å²) in [6, 6.07) is 17.6. The van der Waals surface area contributed by atoms with Crippen molar-refractivity contribution in [3.05, 3.63) is 54.6 Å². The molecule has 6 nitrogen and oxygen atoms in total. The largest absolute Gasteiger partial charge is 0.493 e. The van der Waals surface area contributed by atoms with Gasteiger partial charge in [-0.3, -0.25) is 4.79 Å². The van der Waals surface area contributed by atoms with Crippen molar-refractivity contribution in [3.8, 4) is 17.1 Å². The van der Waals surface area contributed by atoms with Crippen LogP contribution in [-0.4, -0.2) is 42.1 Å². The van der Waals surface area contributed by atoms with E-state index in [9.17, 15) is 15.0 Å². The predicted octanol–water partition coefficient (Wildman–Crippen LogP) is 7.26. The summed E-state index contributed by atoms with van der Waals surface area (Å²) in [6.07, 6.45) is 0.803. The summed E-state index contributed by atoms with van der Waals surface area (Å²) in [6.45, 7) is 14.6. The summed E-state index contributed by atoms with van der Waals surface area (Å²) in [5, 5.41) is 21.4. The van der Waals surface area contributed by atoms with Gasteiger partial charge < -0.3 is 24.1 Å². The Labute approximate surface area is 233 Å². The molecule has 1 aromatic heterocycles. The van der Waals surface area contributed by atoms with E-state index in [1.165, 1.54) is 0 Å². The van der Waals surface area contributed by atoms with Crippen LogP contribution in [0.5, 0.6) is 5.75 Å². The van der Waals surface area contributed by atoms with Crippen molar-refractivity contribution in [1.29, 1.82) is 0 Å². The maximum atomic E-state index is 13.1. The second-order valence-electron chi connectivity index (χ2n) is 13.2. The van der Waals surface area contributed by atoms with Gasteiger partial charge in [0.25, 0.3) is 0 Å². The third kappa shape index (κ3) is 8.33. The maximum absolute atomic E-state index is 13.1. The molecule has 0 radical (unpaired) electrons. The van der Waals surface area contributed by atoms with Gasteiger partial charge in [-0.25, -0.2) is 0 Å². The first kappa shape index (κ1) is 30.7.